The second-order valence-electron chi connectivity index (χ2n) is 9.78. The van der Waals surface area contributed by atoms with Gasteiger partial charge in [-0.1, -0.05) is 97.9 Å². The van der Waals surface area contributed by atoms with E-state index in [1.54, 1.807) is 0 Å². The van der Waals surface area contributed by atoms with Gasteiger partial charge >= 0.3 is 0 Å². The zero-order valence-corrected chi connectivity index (χ0v) is 21.6. The first-order valence-corrected chi connectivity index (χ1v) is 13.3. The van der Waals surface area contributed by atoms with Gasteiger partial charge in [0, 0.05) is 43.5 Å². The number of benzene rings is 3. The van der Waals surface area contributed by atoms with Crippen LogP contribution in [0.25, 0.3) is 16.8 Å². The van der Waals surface area contributed by atoms with Crippen molar-refractivity contribution in [3.05, 3.63) is 120 Å². The van der Waals surface area contributed by atoms with E-state index >= 15 is 0 Å². The lowest BCUT2D eigenvalue weighted by molar-refractivity contribution is 0.211. The monoisotopic (exact) mass is 487 g/mol. The Morgan fingerprint density at radius 1 is 0.757 bits per heavy atom. The summed E-state index contributed by atoms with van der Waals surface area (Å²) in [5, 5.41) is 5.07. The van der Waals surface area contributed by atoms with Crippen LogP contribution in [-0.2, 0) is 6.42 Å². The van der Waals surface area contributed by atoms with E-state index in [-0.39, 0.29) is 6.04 Å². The maximum Gasteiger partial charge on any atom is 0.165 e. The molecule has 2 aromatic heterocycles. The molecule has 0 spiro atoms. The van der Waals surface area contributed by atoms with Crippen molar-refractivity contribution in [2.24, 2.45) is 0 Å². The van der Waals surface area contributed by atoms with Gasteiger partial charge in [0.1, 0.15) is 5.82 Å². The number of aryl methyl sites for hydroxylation is 2. The molecule has 3 heterocycles. The van der Waals surface area contributed by atoms with E-state index in [1.807, 2.05) is 0 Å². The predicted octanol–water partition coefficient (Wildman–Crippen LogP) is 6.18. The summed E-state index contributed by atoms with van der Waals surface area (Å²) < 4.78 is 2.08. The Morgan fingerprint density at radius 2 is 1.32 bits per heavy atom. The molecule has 0 bridgehead atoms. The van der Waals surface area contributed by atoms with Gasteiger partial charge < -0.3 is 4.90 Å². The van der Waals surface area contributed by atoms with E-state index in [4.69, 9.17) is 10.1 Å². The molecular formula is C32H33N5. The minimum atomic E-state index is 0.254. The number of nitrogens with zero attached hydrogens (tertiary/aromatic N) is 5. The van der Waals surface area contributed by atoms with Crippen LogP contribution < -0.4 is 4.90 Å². The fourth-order valence-corrected chi connectivity index (χ4v) is 5.63. The van der Waals surface area contributed by atoms with E-state index in [1.165, 1.54) is 16.7 Å². The second kappa shape index (κ2) is 10.2. The van der Waals surface area contributed by atoms with E-state index in [0.717, 1.165) is 61.0 Å². The summed E-state index contributed by atoms with van der Waals surface area (Å²) in [4.78, 5) is 10.1. The molecule has 0 N–H and O–H groups in total. The van der Waals surface area contributed by atoms with E-state index in [9.17, 15) is 0 Å². The van der Waals surface area contributed by atoms with Crippen LogP contribution >= 0.6 is 0 Å². The van der Waals surface area contributed by atoms with Gasteiger partial charge in [0.2, 0.25) is 0 Å². The van der Waals surface area contributed by atoms with Gasteiger partial charge in [-0.15, -0.1) is 0 Å². The highest BCUT2D eigenvalue weighted by molar-refractivity contribution is 5.81. The molecular weight excluding hydrogens is 454 g/mol. The first kappa shape index (κ1) is 23.4. The van der Waals surface area contributed by atoms with Gasteiger partial charge in [-0.2, -0.15) is 9.61 Å². The Balaban J connectivity index is 1.33. The Bertz CT molecular complexity index is 1430. The fourth-order valence-electron chi connectivity index (χ4n) is 5.63. The third-order valence-electron chi connectivity index (χ3n) is 7.40. The number of hydrogen-bond donors (Lipinski definition) is 0. The molecule has 37 heavy (non-hydrogen) atoms. The summed E-state index contributed by atoms with van der Waals surface area (Å²) in [6.07, 6.45) is 0.871. The van der Waals surface area contributed by atoms with Gasteiger partial charge in [-0.25, -0.2) is 4.98 Å². The van der Waals surface area contributed by atoms with Gasteiger partial charge in [-0.3, -0.25) is 4.90 Å². The number of aromatic nitrogens is 3. The third-order valence-corrected chi connectivity index (χ3v) is 7.40. The first-order chi connectivity index (χ1) is 18.2. The third kappa shape index (κ3) is 4.51. The van der Waals surface area contributed by atoms with Crippen molar-refractivity contribution in [2.45, 2.75) is 26.3 Å². The molecule has 1 saturated heterocycles. The highest BCUT2D eigenvalue weighted by Crippen LogP contribution is 2.33. The molecule has 0 saturated carbocycles. The lowest BCUT2D eigenvalue weighted by Gasteiger charge is -2.40. The molecule has 1 fully saturated rings. The topological polar surface area (TPSA) is 36.7 Å². The standard InChI is InChI=1S/C32H33N5/c1-3-28-30(25-13-7-4-8-14-25)32-33-24(2)23-29(37(32)34-28)35-19-21-36(22-20-35)31(26-15-9-5-10-16-26)27-17-11-6-12-18-27/h4-18,23,31H,3,19-22H2,1-2H3. The maximum absolute atomic E-state index is 5.07. The van der Waals surface area contributed by atoms with Crippen molar-refractivity contribution >= 4 is 11.5 Å². The Kier molecular flexibility index (Phi) is 6.46. The lowest BCUT2D eigenvalue weighted by atomic mass is 9.96. The summed E-state index contributed by atoms with van der Waals surface area (Å²) in [7, 11) is 0. The fraction of sp³-hybridized carbons (Fsp3) is 0.250. The molecule has 5 aromatic rings. The van der Waals surface area contributed by atoms with Crippen LogP contribution in [0.2, 0.25) is 0 Å². The second-order valence-corrected chi connectivity index (χ2v) is 9.78. The zero-order chi connectivity index (χ0) is 25.2. The summed E-state index contributed by atoms with van der Waals surface area (Å²) >= 11 is 0. The summed E-state index contributed by atoms with van der Waals surface area (Å²) in [5.74, 6) is 1.13. The highest BCUT2D eigenvalue weighted by Gasteiger charge is 2.28. The predicted molar refractivity (Wildman–Crippen MR) is 151 cm³/mol. The first-order valence-electron chi connectivity index (χ1n) is 13.3. The van der Waals surface area contributed by atoms with Crippen molar-refractivity contribution in [1.29, 1.82) is 0 Å². The van der Waals surface area contributed by atoms with Crippen LogP contribution in [0, 0.1) is 6.92 Å². The van der Waals surface area contributed by atoms with Crippen LogP contribution in [0.5, 0.6) is 0 Å². The number of rotatable bonds is 6. The largest absolute Gasteiger partial charge is 0.354 e. The van der Waals surface area contributed by atoms with Gasteiger partial charge in [0.15, 0.2) is 5.65 Å². The molecule has 186 valence electrons. The smallest absolute Gasteiger partial charge is 0.165 e. The quantitative estimate of drug-likeness (QED) is 0.287. The molecule has 0 radical (unpaired) electrons. The van der Waals surface area contributed by atoms with Crippen molar-refractivity contribution in [1.82, 2.24) is 19.5 Å². The lowest BCUT2D eigenvalue weighted by Crippen LogP contribution is -2.48. The Morgan fingerprint density at radius 3 is 1.89 bits per heavy atom. The maximum atomic E-state index is 5.07. The van der Waals surface area contributed by atoms with Crippen LogP contribution in [0.1, 0.15) is 35.5 Å². The molecule has 5 heteroatoms. The van der Waals surface area contributed by atoms with Crippen LogP contribution in [0.3, 0.4) is 0 Å². The summed E-state index contributed by atoms with van der Waals surface area (Å²) in [6, 6.07) is 34.8. The number of hydrogen-bond acceptors (Lipinski definition) is 4. The van der Waals surface area contributed by atoms with Crippen molar-refractivity contribution < 1.29 is 0 Å². The van der Waals surface area contributed by atoms with Crippen molar-refractivity contribution in [3.8, 4) is 11.1 Å². The molecule has 5 nitrogen and oxygen atoms in total. The highest BCUT2D eigenvalue weighted by atomic mass is 15.4. The number of anilines is 1. The van der Waals surface area contributed by atoms with Gasteiger partial charge in [0.05, 0.1) is 11.7 Å². The van der Waals surface area contributed by atoms with Crippen LogP contribution in [-0.4, -0.2) is 45.7 Å². The minimum Gasteiger partial charge on any atom is -0.354 e. The number of piperazine rings is 1. The van der Waals surface area contributed by atoms with Crippen LogP contribution in [0.15, 0.2) is 97.1 Å². The van der Waals surface area contributed by atoms with Crippen molar-refractivity contribution in [2.75, 3.05) is 31.1 Å². The zero-order valence-electron chi connectivity index (χ0n) is 21.6. The molecule has 0 atom stereocenters. The number of fused-ring (bicyclic) bond motifs is 1. The summed E-state index contributed by atoms with van der Waals surface area (Å²) in [5.41, 5.74) is 8.09. The Hall–Kier alpha value is -3.96. The molecule has 0 aliphatic carbocycles. The van der Waals surface area contributed by atoms with Crippen molar-refractivity contribution in [3.63, 3.8) is 0 Å². The normalized spacial score (nSPS) is 14.5. The van der Waals surface area contributed by atoms with E-state index in [2.05, 4.69) is 125 Å². The molecule has 6 rings (SSSR count). The molecule has 3 aromatic carbocycles. The van der Waals surface area contributed by atoms with Gasteiger partial charge in [-0.05, 0) is 30.0 Å². The minimum absolute atomic E-state index is 0.254. The summed E-state index contributed by atoms with van der Waals surface area (Å²) in [6.45, 7) is 8.10. The SMILES string of the molecule is CCc1nn2c(N3CCN(C(c4ccccc4)c4ccccc4)CC3)cc(C)nc2c1-c1ccccc1. The Labute approximate surface area is 219 Å². The average Bonchev–Trinajstić information content (AvgIpc) is 3.33. The van der Waals surface area contributed by atoms with E-state index < -0.39 is 0 Å². The molecule has 1 aliphatic rings. The van der Waals surface area contributed by atoms with Crippen LogP contribution in [0.4, 0.5) is 5.82 Å². The van der Waals surface area contributed by atoms with E-state index in [0.29, 0.717) is 0 Å². The molecule has 0 amide bonds. The molecule has 0 unspecified atom stereocenters. The average molecular weight is 488 g/mol. The van der Waals surface area contributed by atoms with Gasteiger partial charge in [0.25, 0.3) is 0 Å². The molecule has 1 aliphatic heterocycles.